The third-order valence-electron chi connectivity index (χ3n) is 2.99. The highest BCUT2D eigenvalue weighted by atomic mass is 19.1. The molecule has 0 aliphatic rings. The molecule has 0 saturated carbocycles. The molecule has 2 aromatic heterocycles. The van der Waals surface area contributed by atoms with Crippen LogP contribution in [0.25, 0.3) is 22.4 Å². The molecule has 0 atom stereocenters. The van der Waals surface area contributed by atoms with Crippen LogP contribution in [0.4, 0.5) is 4.39 Å². The van der Waals surface area contributed by atoms with Crippen LogP contribution in [-0.4, -0.2) is 9.55 Å². The van der Waals surface area contributed by atoms with Crippen LogP contribution >= 0.6 is 0 Å². The van der Waals surface area contributed by atoms with Crippen LogP contribution in [0.1, 0.15) is 5.89 Å². The van der Waals surface area contributed by atoms with Gasteiger partial charge in [-0.3, -0.25) is 0 Å². The lowest BCUT2D eigenvalue weighted by Crippen LogP contribution is -1.95. The Labute approximate surface area is 103 Å². The van der Waals surface area contributed by atoms with Crippen LogP contribution in [0.15, 0.2) is 34.9 Å². The first-order valence-electron chi connectivity index (χ1n) is 5.59. The molecule has 0 amide bonds. The molecule has 0 unspecified atom stereocenters. The highest BCUT2D eigenvalue weighted by molar-refractivity contribution is 5.86. The quantitative estimate of drug-likeness (QED) is 0.754. The van der Waals surface area contributed by atoms with E-state index in [0.29, 0.717) is 11.7 Å². The van der Waals surface area contributed by atoms with Gasteiger partial charge >= 0.3 is 0 Å². The van der Waals surface area contributed by atoms with Gasteiger partial charge in [-0.2, -0.15) is 0 Å². The Morgan fingerprint density at radius 2 is 2.22 bits per heavy atom. The average molecular weight is 245 g/mol. The van der Waals surface area contributed by atoms with Gasteiger partial charge in [-0.1, -0.05) is 0 Å². The molecule has 0 aliphatic carbocycles. The summed E-state index contributed by atoms with van der Waals surface area (Å²) >= 11 is 0. The molecule has 0 saturated heterocycles. The summed E-state index contributed by atoms with van der Waals surface area (Å²) in [6.45, 7) is 0.262. The van der Waals surface area contributed by atoms with Gasteiger partial charge in [0.1, 0.15) is 5.82 Å². The predicted molar refractivity (Wildman–Crippen MR) is 66.3 cm³/mol. The molecule has 1 aromatic carbocycles. The van der Waals surface area contributed by atoms with E-state index < -0.39 is 0 Å². The molecule has 18 heavy (non-hydrogen) atoms. The second-order valence-corrected chi connectivity index (χ2v) is 4.11. The number of benzene rings is 1. The number of hydrogen-bond acceptors (Lipinski definition) is 3. The van der Waals surface area contributed by atoms with Crippen molar-refractivity contribution in [3.63, 3.8) is 0 Å². The van der Waals surface area contributed by atoms with Crippen molar-refractivity contribution in [2.24, 2.45) is 12.8 Å². The molecule has 0 fully saturated rings. The van der Waals surface area contributed by atoms with Gasteiger partial charge in [0.2, 0.25) is 5.89 Å². The maximum Gasteiger partial charge on any atom is 0.208 e. The van der Waals surface area contributed by atoms with E-state index in [0.717, 1.165) is 16.6 Å². The Bertz CT molecular complexity index is 714. The predicted octanol–water partition coefficient (Wildman–Crippen LogP) is 2.43. The molecule has 0 bridgehead atoms. The highest BCUT2D eigenvalue weighted by Crippen LogP contribution is 2.28. The molecule has 4 nitrogen and oxygen atoms in total. The molecule has 2 N–H and O–H groups in total. The Morgan fingerprint density at radius 1 is 1.39 bits per heavy atom. The van der Waals surface area contributed by atoms with Crippen molar-refractivity contribution in [1.29, 1.82) is 0 Å². The molecule has 5 heteroatoms. The number of halogens is 1. The Balaban J connectivity index is 2.20. The Morgan fingerprint density at radius 3 is 2.94 bits per heavy atom. The maximum atomic E-state index is 13.2. The van der Waals surface area contributed by atoms with Crippen LogP contribution < -0.4 is 5.73 Å². The molecule has 0 radical (unpaired) electrons. The lowest BCUT2D eigenvalue weighted by atomic mass is 10.2. The van der Waals surface area contributed by atoms with Gasteiger partial charge in [-0.15, -0.1) is 0 Å². The minimum atomic E-state index is -0.254. The standard InChI is InChI=1S/C13H12FN3O/c1-17-10-5-9(14)3-2-8(10)4-11(17)12-7-16-13(6-15)18-12/h2-5,7H,6,15H2,1H3. The van der Waals surface area contributed by atoms with Gasteiger partial charge in [0.05, 0.1) is 24.0 Å². The Kier molecular flexibility index (Phi) is 2.41. The topological polar surface area (TPSA) is 57.0 Å². The summed E-state index contributed by atoms with van der Waals surface area (Å²) in [4.78, 5) is 4.06. The van der Waals surface area contributed by atoms with Crippen LogP contribution in [0, 0.1) is 5.82 Å². The summed E-state index contributed by atoms with van der Waals surface area (Å²) in [5.74, 6) is 0.867. The molecular formula is C13H12FN3O. The van der Waals surface area contributed by atoms with Gasteiger partial charge < -0.3 is 14.7 Å². The zero-order valence-electron chi connectivity index (χ0n) is 9.85. The smallest absolute Gasteiger partial charge is 0.208 e. The number of hydrogen-bond donors (Lipinski definition) is 1. The monoisotopic (exact) mass is 245 g/mol. The van der Waals surface area contributed by atoms with Crippen molar-refractivity contribution in [2.45, 2.75) is 6.54 Å². The summed E-state index contributed by atoms with van der Waals surface area (Å²) in [7, 11) is 1.86. The van der Waals surface area contributed by atoms with E-state index in [-0.39, 0.29) is 12.4 Å². The summed E-state index contributed by atoms with van der Waals surface area (Å²) in [5.41, 5.74) is 7.13. The van der Waals surface area contributed by atoms with Crippen molar-refractivity contribution < 1.29 is 8.81 Å². The number of nitrogens with zero attached hydrogens (tertiary/aromatic N) is 2. The maximum absolute atomic E-state index is 13.2. The lowest BCUT2D eigenvalue weighted by Gasteiger charge is -2.00. The number of aryl methyl sites for hydroxylation is 1. The van der Waals surface area contributed by atoms with Crippen LogP contribution in [0.5, 0.6) is 0 Å². The van der Waals surface area contributed by atoms with E-state index in [1.165, 1.54) is 12.1 Å². The van der Waals surface area contributed by atoms with E-state index in [1.54, 1.807) is 12.3 Å². The van der Waals surface area contributed by atoms with Crippen molar-refractivity contribution in [3.8, 4) is 11.5 Å². The molecular weight excluding hydrogens is 233 g/mol. The third kappa shape index (κ3) is 1.60. The van der Waals surface area contributed by atoms with Crippen molar-refractivity contribution in [3.05, 3.63) is 42.2 Å². The van der Waals surface area contributed by atoms with Gasteiger partial charge in [-0.05, 0) is 24.3 Å². The minimum absolute atomic E-state index is 0.254. The number of oxazole rings is 1. The Hall–Kier alpha value is -2.14. The first-order valence-corrected chi connectivity index (χ1v) is 5.59. The molecule has 3 aromatic rings. The van der Waals surface area contributed by atoms with Gasteiger partial charge in [0, 0.05) is 12.4 Å². The fourth-order valence-electron chi connectivity index (χ4n) is 2.06. The van der Waals surface area contributed by atoms with Gasteiger partial charge in [0.25, 0.3) is 0 Å². The molecule has 2 heterocycles. The number of fused-ring (bicyclic) bond motifs is 1. The summed E-state index contributed by atoms with van der Waals surface area (Å²) in [6, 6.07) is 6.63. The van der Waals surface area contributed by atoms with Crippen LogP contribution in [0.3, 0.4) is 0 Å². The summed E-state index contributed by atoms with van der Waals surface area (Å²) in [5, 5.41) is 0.958. The normalized spacial score (nSPS) is 11.3. The SMILES string of the molecule is Cn1c(-c2cnc(CN)o2)cc2ccc(F)cc21. The van der Waals surface area contributed by atoms with Crippen molar-refractivity contribution >= 4 is 10.9 Å². The molecule has 3 rings (SSSR count). The zero-order chi connectivity index (χ0) is 12.7. The van der Waals surface area contributed by atoms with Crippen molar-refractivity contribution in [2.75, 3.05) is 0 Å². The van der Waals surface area contributed by atoms with Crippen LogP contribution in [-0.2, 0) is 13.6 Å². The lowest BCUT2D eigenvalue weighted by molar-refractivity contribution is 0.506. The third-order valence-corrected chi connectivity index (χ3v) is 2.99. The minimum Gasteiger partial charge on any atom is -0.438 e. The molecule has 0 spiro atoms. The average Bonchev–Trinajstić information content (AvgIpc) is 2.95. The van der Waals surface area contributed by atoms with Crippen molar-refractivity contribution in [1.82, 2.24) is 9.55 Å². The molecule has 0 aliphatic heterocycles. The summed E-state index contributed by atoms with van der Waals surface area (Å²) in [6.07, 6.45) is 1.63. The highest BCUT2D eigenvalue weighted by Gasteiger charge is 2.12. The second-order valence-electron chi connectivity index (χ2n) is 4.11. The number of rotatable bonds is 2. The largest absolute Gasteiger partial charge is 0.438 e. The fraction of sp³-hybridized carbons (Fsp3) is 0.154. The fourth-order valence-corrected chi connectivity index (χ4v) is 2.06. The van der Waals surface area contributed by atoms with Gasteiger partial charge in [-0.25, -0.2) is 9.37 Å². The van der Waals surface area contributed by atoms with Gasteiger partial charge in [0.15, 0.2) is 5.76 Å². The zero-order valence-corrected chi connectivity index (χ0v) is 9.85. The summed E-state index contributed by atoms with van der Waals surface area (Å²) < 4.78 is 20.6. The van der Waals surface area contributed by atoms with Crippen LogP contribution in [0.2, 0.25) is 0 Å². The van der Waals surface area contributed by atoms with E-state index in [1.807, 2.05) is 17.7 Å². The first-order chi connectivity index (χ1) is 8.69. The van der Waals surface area contributed by atoms with E-state index in [4.69, 9.17) is 10.2 Å². The second kappa shape index (κ2) is 3.96. The van der Waals surface area contributed by atoms with E-state index in [2.05, 4.69) is 4.98 Å². The van der Waals surface area contributed by atoms with E-state index >= 15 is 0 Å². The van der Waals surface area contributed by atoms with E-state index in [9.17, 15) is 4.39 Å². The number of nitrogens with two attached hydrogens (primary N) is 1. The number of aromatic nitrogens is 2. The molecule has 92 valence electrons. The first kappa shape index (κ1) is 11.0.